The van der Waals surface area contributed by atoms with Crippen molar-refractivity contribution in [1.29, 1.82) is 0 Å². The summed E-state index contributed by atoms with van der Waals surface area (Å²) in [6, 6.07) is 8.52. The van der Waals surface area contributed by atoms with Gasteiger partial charge in [0.1, 0.15) is 0 Å². The van der Waals surface area contributed by atoms with Gasteiger partial charge in [0, 0.05) is 46.2 Å². The van der Waals surface area contributed by atoms with Crippen molar-refractivity contribution in [3.8, 4) is 0 Å². The Morgan fingerprint density at radius 2 is 2.00 bits per heavy atom. The summed E-state index contributed by atoms with van der Waals surface area (Å²) in [5.74, 6) is 0. The molecule has 0 saturated heterocycles. The van der Waals surface area contributed by atoms with E-state index in [1.54, 1.807) is 0 Å². The lowest BCUT2D eigenvalue weighted by Gasteiger charge is -2.22. The molecule has 92 valence electrons. The summed E-state index contributed by atoms with van der Waals surface area (Å²) >= 11 is 0. The number of pyridine rings is 1. The number of fused-ring (bicyclic) bond motifs is 3. The van der Waals surface area contributed by atoms with Crippen molar-refractivity contribution in [3.63, 3.8) is 0 Å². The van der Waals surface area contributed by atoms with Gasteiger partial charge in [-0.15, -0.1) is 0 Å². The number of nitrogens with one attached hydrogen (secondary N) is 1. The van der Waals surface area contributed by atoms with Gasteiger partial charge in [-0.1, -0.05) is 26.0 Å². The van der Waals surface area contributed by atoms with Gasteiger partial charge in [0.25, 0.3) is 0 Å². The molecule has 0 bridgehead atoms. The number of aromatic amines is 1. The molecule has 0 aliphatic rings. The van der Waals surface area contributed by atoms with Gasteiger partial charge in [-0.25, -0.2) is 0 Å². The minimum Gasteiger partial charge on any atom is -0.354 e. The zero-order chi connectivity index (χ0) is 12.8. The summed E-state index contributed by atoms with van der Waals surface area (Å²) in [6.07, 6.45) is 3.71. The second-order valence-electron chi connectivity index (χ2n) is 5.39. The van der Waals surface area contributed by atoms with Crippen molar-refractivity contribution < 1.29 is 0 Å². The summed E-state index contributed by atoms with van der Waals surface area (Å²) in [6.45, 7) is 4.97. The van der Waals surface area contributed by atoms with Gasteiger partial charge < -0.3 is 10.7 Å². The van der Waals surface area contributed by atoms with Crippen molar-refractivity contribution in [1.82, 2.24) is 9.97 Å². The Labute approximate surface area is 106 Å². The highest BCUT2D eigenvalue weighted by Gasteiger charge is 2.19. The fourth-order valence-corrected chi connectivity index (χ4v) is 2.28. The lowest BCUT2D eigenvalue weighted by molar-refractivity contribution is 0.539. The maximum absolute atomic E-state index is 5.84. The summed E-state index contributed by atoms with van der Waals surface area (Å²) in [5.41, 5.74) is 9.38. The van der Waals surface area contributed by atoms with Gasteiger partial charge >= 0.3 is 0 Å². The van der Waals surface area contributed by atoms with E-state index in [0.29, 0.717) is 6.54 Å². The summed E-state index contributed by atoms with van der Waals surface area (Å²) < 4.78 is 0. The summed E-state index contributed by atoms with van der Waals surface area (Å²) in [4.78, 5) is 7.62. The van der Waals surface area contributed by atoms with E-state index in [2.05, 4.69) is 42.0 Å². The monoisotopic (exact) mass is 239 g/mol. The summed E-state index contributed by atoms with van der Waals surface area (Å²) in [5, 5.41) is 2.39. The fourth-order valence-electron chi connectivity index (χ4n) is 2.28. The van der Waals surface area contributed by atoms with Crippen LogP contribution in [0.1, 0.15) is 19.4 Å². The van der Waals surface area contributed by atoms with Crippen LogP contribution in [-0.4, -0.2) is 16.5 Å². The third-order valence-corrected chi connectivity index (χ3v) is 3.69. The number of nitrogens with zero attached hydrogens (tertiary/aromatic N) is 1. The van der Waals surface area contributed by atoms with Gasteiger partial charge in [0.15, 0.2) is 0 Å². The van der Waals surface area contributed by atoms with Gasteiger partial charge in [-0.3, -0.25) is 4.98 Å². The quantitative estimate of drug-likeness (QED) is 0.722. The minimum atomic E-state index is 0.00370. The van der Waals surface area contributed by atoms with Crippen LogP contribution in [0.3, 0.4) is 0 Å². The summed E-state index contributed by atoms with van der Waals surface area (Å²) in [7, 11) is 0. The predicted molar refractivity (Wildman–Crippen MR) is 75.7 cm³/mol. The van der Waals surface area contributed by atoms with Crippen LogP contribution in [0.25, 0.3) is 21.8 Å². The van der Waals surface area contributed by atoms with E-state index < -0.39 is 0 Å². The fraction of sp³-hybridized carbons (Fsp3) is 0.267. The van der Waals surface area contributed by atoms with Crippen LogP contribution in [0.5, 0.6) is 0 Å². The van der Waals surface area contributed by atoms with Crippen molar-refractivity contribution in [2.75, 3.05) is 6.54 Å². The number of aromatic nitrogens is 2. The predicted octanol–water partition coefficient (Wildman–Crippen LogP) is 2.95. The highest BCUT2D eigenvalue weighted by Crippen LogP contribution is 2.29. The van der Waals surface area contributed by atoms with Crippen molar-refractivity contribution in [2.24, 2.45) is 5.73 Å². The molecular weight excluding hydrogens is 222 g/mol. The molecule has 0 aliphatic heterocycles. The number of hydrogen-bond donors (Lipinski definition) is 2. The van der Waals surface area contributed by atoms with Gasteiger partial charge in [-0.05, 0) is 17.7 Å². The molecule has 3 N–H and O–H groups in total. The maximum atomic E-state index is 5.84. The van der Waals surface area contributed by atoms with Gasteiger partial charge in [-0.2, -0.15) is 0 Å². The molecule has 3 aromatic rings. The Hall–Kier alpha value is -1.87. The zero-order valence-electron chi connectivity index (χ0n) is 10.7. The van der Waals surface area contributed by atoms with Crippen LogP contribution < -0.4 is 5.73 Å². The molecule has 3 heteroatoms. The minimum absolute atomic E-state index is 0.00370. The van der Waals surface area contributed by atoms with Crippen LogP contribution in [0.4, 0.5) is 0 Å². The molecule has 0 saturated carbocycles. The molecule has 3 rings (SSSR count). The van der Waals surface area contributed by atoms with Crippen LogP contribution in [0.2, 0.25) is 0 Å². The molecule has 2 aromatic heterocycles. The SMILES string of the molecule is CC(C)(CN)c1ccc2c(c1)[nH]c1ccncc12. The highest BCUT2D eigenvalue weighted by atomic mass is 14.7. The second kappa shape index (κ2) is 3.82. The number of benzene rings is 1. The maximum Gasteiger partial charge on any atom is 0.0495 e. The first kappa shape index (κ1) is 11.2. The zero-order valence-corrected chi connectivity index (χ0v) is 10.7. The molecule has 1 aromatic carbocycles. The Kier molecular flexibility index (Phi) is 2.38. The highest BCUT2D eigenvalue weighted by molar-refractivity contribution is 6.06. The molecular formula is C15H17N3. The topological polar surface area (TPSA) is 54.7 Å². The van der Waals surface area contributed by atoms with E-state index in [1.165, 1.54) is 16.3 Å². The van der Waals surface area contributed by atoms with Crippen LogP contribution in [0, 0.1) is 0 Å². The average molecular weight is 239 g/mol. The van der Waals surface area contributed by atoms with E-state index >= 15 is 0 Å². The normalized spacial score (nSPS) is 12.4. The van der Waals surface area contributed by atoms with E-state index in [-0.39, 0.29) is 5.41 Å². The number of H-pyrrole nitrogens is 1. The Bertz CT molecular complexity index is 710. The standard InChI is InChI=1S/C15H17N3/c1-15(2,9-16)10-3-4-11-12-8-17-6-5-13(12)18-14(11)7-10/h3-8,18H,9,16H2,1-2H3. The molecule has 18 heavy (non-hydrogen) atoms. The largest absolute Gasteiger partial charge is 0.354 e. The van der Waals surface area contributed by atoms with Crippen LogP contribution in [-0.2, 0) is 5.41 Å². The molecule has 0 aliphatic carbocycles. The average Bonchev–Trinajstić information content (AvgIpc) is 2.76. The number of rotatable bonds is 2. The van der Waals surface area contributed by atoms with Crippen molar-refractivity contribution >= 4 is 21.8 Å². The Balaban J connectivity index is 2.27. The van der Waals surface area contributed by atoms with E-state index in [0.717, 1.165) is 11.0 Å². The molecule has 0 amide bonds. The molecule has 0 radical (unpaired) electrons. The third-order valence-electron chi connectivity index (χ3n) is 3.69. The first-order valence-electron chi connectivity index (χ1n) is 6.18. The third kappa shape index (κ3) is 1.59. The number of nitrogens with two attached hydrogens (primary N) is 1. The molecule has 2 heterocycles. The molecule has 0 unspecified atom stereocenters. The lowest BCUT2D eigenvalue weighted by Crippen LogP contribution is -2.27. The molecule has 3 nitrogen and oxygen atoms in total. The Morgan fingerprint density at radius 3 is 2.78 bits per heavy atom. The van der Waals surface area contributed by atoms with Crippen LogP contribution in [0.15, 0.2) is 36.7 Å². The first-order valence-corrected chi connectivity index (χ1v) is 6.18. The molecule has 0 fully saturated rings. The molecule has 0 spiro atoms. The Morgan fingerprint density at radius 1 is 1.17 bits per heavy atom. The van der Waals surface area contributed by atoms with Crippen LogP contribution >= 0.6 is 0 Å². The smallest absolute Gasteiger partial charge is 0.0495 e. The second-order valence-corrected chi connectivity index (χ2v) is 5.39. The first-order chi connectivity index (χ1) is 8.62. The van der Waals surface area contributed by atoms with Gasteiger partial charge in [0.2, 0.25) is 0 Å². The van der Waals surface area contributed by atoms with Crippen molar-refractivity contribution in [3.05, 3.63) is 42.2 Å². The lowest BCUT2D eigenvalue weighted by atomic mass is 9.84. The molecule has 0 atom stereocenters. The van der Waals surface area contributed by atoms with Gasteiger partial charge in [0.05, 0.1) is 0 Å². The van der Waals surface area contributed by atoms with E-state index in [4.69, 9.17) is 5.73 Å². The number of hydrogen-bond acceptors (Lipinski definition) is 2. The van der Waals surface area contributed by atoms with Crippen molar-refractivity contribution in [2.45, 2.75) is 19.3 Å². The van der Waals surface area contributed by atoms with E-state index in [9.17, 15) is 0 Å². The van der Waals surface area contributed by atoms with E-state index in [1.807, 2.05) is 18.5 Å².